The van der Waals surface area contributed by atoms with Crippen molar-refractivity contribution in [3.63, 3.8) is 0 Å². The van der Waals surface area contributed by atoms with Gasteiger partial charge in [-0.25, -0.2) is 4.79 Å². The fraction of sp³-hybridized carbons (Fsp3) is 0.333. The van der Waals surface area contributed by atoms with Crippen LogP contribution in [0.4, 0.5) is 4.79 Å². The molecule has 0 spiro atoms. The van der Waals surface area contributed by atoms with Gasteiger partial charge >= 0.3 is 6.03 Å². The number of nitrogens with zero attached hydrogens (tertiary/aromatic N) is 4. The highest BCUT2D eigenvalue weighted by atomic mass is 16.2. The normalized spacial score (nSPS) is 20.6. The van der Waals surface area contributed by atoms with Crippen molar-refractivity contribution < 1.29 is 9.59 Å². The Balaban J connectivity index is 1.95. The summed E-state index contributed by atoms with van der Waals surface area (Å²) in [6, 6.07) is 8.72. The number of hydrogen-bond donors (Lipinski definition) is 1. The molecule has 1 aromatic carbocycles. The topological polar surface area (TPSA) is 79.6 Å². The summed E-state index contributed by atoms with van der Waals surface area (Å²) in [6.07, 6.45) is 1.96. The van der Waals surface area contributed by atoms with E-state index in [4.69, 9.17) is 0 Å². The van der Waals surface area contributed by atoms with Crippen molar-refractivity contribution in [3.8, 4) is 0 Å². The Labute approximate surface area is 146 Å². The number of amides is 3. The summed E-state index contributed by atoms with van der Waals surface area (Å²) >= 11 is 0. The SMILES string of the molecule is CC[C@@]1(c2ccccc2)NC(=O)N(/N=C\c2c(C)nn(C)c2C)C1=O. The van der Waals surface area contributed by atoms with Crippen LogP contribution in [0.2, 0.25) is 0 Å². The Morgan fingerprint density at radius 2 is 1.92 bits per heavy atom. The molecule has 25 heavy (non-hydrogen) atoms. The van der Waals surface area contributed by atoms with E-state index in [1.165, 1.54) is 6.21 Å². The molecule has 0 unspecified atom stereocenters. The van der Waals surface area contributed by atoms with Gasteiger partial charge in [0.15, 0.2) is 0 Å². The first-order valence-electron chi connectivity index (χ1n) is 8.17. The molecule has 1 saturated heterocycles. The summed E-state index contributed by atoms with van der Waals surface area (Å²) in [4.78, 5) is 25.4. The first-order chi connectivity index (χ1) is 11.9. The maximum atomic E-state index is 13.0. The van der Waals surface area contributed by atoms with Crippen LogP contribution in [0.25, 0.3) is 0 Å². The number of hydrogen-bond acceptors (Lipinski definition) is 4. The predicted molar refractivity (Wildman–Crippen MR) is 94.1 cm³/mol. The molecule has 1 aliphatic rings. The number of aryl methyl sites for hydroxylation is 2. The lowest BCUT2D eigenvalue weighted by molar-refractivity contribution is -0.131. The summed E-state index contributed by atoms with van der Waals surface area (Å²) in [6.45, 7) is 5.64. The van der Waals surface area contributed by atoms with Crippen LogP contribution in [0.3, 0.4) is 0 Å². The monoisotopic (exact) mass is 339 g/mol. The summed E-state index contributed by atoms with van der Waals surface area (Å²) in [7, 11) is 1.84. The van der Waals surface area contributed by atoms with Crippen LogP contribution in [0.5, 0.6) is 0 Å². The molecule has 7 nitrogen and oxygen atoms in total. The maximum Gasteiger partial charge on any atom is 0.346 e. The Morgan fingerprint density at radius 1 is 1.24 bits per heavy atom. The van der Waals surface area contributed by atoms with Crippen molar-refractivity contribution in [2.24, 2.45) is 12.1 Å². The lowest BCUT2D eigenvalue weighted by Gasteiger charge is -2.24. The minimum Gasteiger partial charge on any atom is -0.318 e. The molecule has 1 N–H and O–H groups in total. The number of hydrazone groups is 1. The average Bonchev–Trinajstić information content (AvgIpc) is 3.00. The summed E-state index contributed by atoms with van der Waals surface area (Å²) in [5.74, 6) is -0.373. The standard InChI is InChI=1S/C18H21N5O2/c1-5-18(14-9-7-6-8-10-14)16(24)23(17(25)20-18)19-11-15-12(2)21-22(4)13(15)3/h6-11H,5H2,1-4H3,(H,20,25)/b19-11-/t18-/m0/s1. The molecule has 3 amide bonds. The van der Waals surface area contributed by atoms with Crippen LogP contribution in [0, 0.1) is 13.8 Å². The molecule has 0 radical (unpaired) electrons. The quantitative estimate of drug-likeness (QED) is 0.685. The lowest BCUT2D eigenvalue weighted by atomic mass is 9.87. The van der Waals surface area contributed by atoms with Crippen molar-refractivity contribution >= 4 is 18.2 Å². The molecule has 1 atom stereocenters. The second-order valence-electron chi connectivity index (χ2n) is 6.12. The number of imide groups is 1. The van der Waals surface area contributed by atoms with E-state index in [0.717, 1.165) is 27.5 Å². The van der Waals surface area contributed by atoms with E-state index < -0.39 is 11.6 Å². The number of rotatable bonds is 4. The Hall–Kier alpha value is -2.96. The van der Waals surface area contributed by atoms with Crippen molar-refractivity contribution in [3.05, 3.63) is 52.8 Å². The van der Waals surface area contributed by atoms with Gasteiger partial charge in [-0.3, -0.25) is 9.48 Å². The molecule has 1 aromatic heterocycles. The Kier molecular flexibility index (Phi) is 4.16. The van der Waals surface area contributed by atoms with Gasteiger partial charge in [0.05, 0.1) is 11.9 Å². The van der Waals surface area contributed by atoms with Crippen LogP contribution in [-0.4, -0.2) is 32.9 Å². The van der Waals surface area contributed by atoms with Gasteiger partial charge in [0.25, 0.3) is 5.91 Å². The molecule has 2 aromatic rings. The highest BCUT2D eigenvalue weighted by Crippen LogP contribution is 2.32. The molecule has 130 valence electrons. The maximum absolute atomic E-state index is 13.0. The fourth-order valence-corrected chi connectivity index (χ4v) is 3.12. The molecular weight excluding hydrogens is 318 g/mol. The molecule has 0 bridgehead atoms. The Bertz CT molecular complexity index is 856. The van der Waals surface area contributed by atoms with Crippen LogP contribution in [-0.2, 0) is 17.4 Å². The van der Waals surface area contributed by atoms with Gasteiger partial charge in [0.1, 0.15) is 5.54 Å². The van der Waals surface area contributed by atoms with E-state index >= 15 is 0 Å². The summed E-state index contributed by atoms with van der Waals surface area (Å²) in [5, 5.41) is 12.2. The zero-order valence-electron chi connectivity index (χ0n) is 14.8. The number of carbonyl (C=O) groups is 2. The summed E-state index contributed by atoms with van der Waals surface area (Å²) in [5.41, 5.74) is 2.19. The van der Waals surface area contributed by atoms with Crippen LogP contribution in [0.1, 0.15) is 35.9 Å². The van der Waals surface area contributed by atoms with E-state index in [1.54, 1.807) is 4.68 Å². The third kappa shape index (κ3) is 2.61. The second-order valence-corrected chi connectivity index (χ2v) is 6.12. The van der Waals surface area contributed by atoms with Crippen molar-refractivity contribution in [2.45, 2.75) is 32.7 Å². The first-order valence-corrected chi connectivity index (χ1v) is 8.17. The predicted octanol–water partition coefficient (Wildman–Crippen LogP) is 2.23. The van der Waals surface area contributed by atoms with Crippen LogP contribution in [0.15, 0.2) is 35.4 Å². The van der Waals surface area contributed by atoms with Gasteiger partial charge in [0, 0.05) is 18.3 Å². The zero-order valence-corrected chi connectivity index (χ0v) is 14.8. The van der Waals surface area contributed by atoms with Gasteiger partial charge in [-0.15, -0.1) is 5.01 Å². The van der Waals surface area contributed by atoms with Gasteiger partial charge in [-0.1, -0.05) is 37.3 Å². The molecule has 2 heterocycles. The highest BCUT2D eigenvalue weighted by molar-refractivity contribution is 6.07. The average molecular weight is 339 g/mol. The van der Waals surface area contributed by atoms with Crippen molar-refractivity contribution in [1.82, 2.24) is 20.1 Å². The molecule has 0 aliphatic carbocycles. The van der Waals surface area contributed by atoms with Crippen LogP contribution < -0.4 is 5.32 Å². The smallest absolute Gasteiger partial charge is 0.318 e. The first kappa shape index (κ1) is 16.9. The highest BCUT2D eigenvalue weighted by Gasteiger charge is 2.51. The van der Waals surface area contributed by atoms with Crippen LogP contribution >= 0.6 is 0 Å². The van der Waals surface area contributed by atoms with Gasteiger partial charge in [0.2, 0.25) is 0 Å². The number of benzene rings is 1. The lowest BCUT2D eigenvalue weighted by Crippen LogP contribution is -2.43. The summed E-state index contributed by atoms with van der Waals surface area (Å²) < 4.78 is 1.74. The largest absolute Gasteiger partial charge is 0.346 e. The third-order valence-corrected chi connectivity index (χ3v) is 4.73. The van der Waals surface area contributed by atoms with E-state index in [2.05, 4.69) is 15.5 Å². The molecule has 1 aliphatic heterocycles. The second kappa shape index (κ2) is 6.16. The molecule has 0 saturated carbocycles. The van der Waals surface area contributed by atoms with E-state index in [-0.39, 0.29) is 5.91 Å². The van der Waals surface area contributed by atoms with Crippen molar-refractivity contribution in [1.29, 1.82) is 0 Å². The van der Waals surface area contributed by atoms with Gasteiger partial charge in [-0.2, -0.15) is 10.2 Å². The molecule has 1 fully saturated rings. The molecule has 3 rings (SSSR count). The van der Waals surface area contributed by atoms with E-state index in [1.807, 2.05) is 58.2 Å². The Morgan fingerprint density at radius 3 is 2.48 bits per heavy atom. The fourth-order valence-electron chi connectivity index (χ4n) is 3.12. The number of aromatic nitrogens is 2. The number of urea groups is 1. The van der Waals surface area contributed by atoms with E-state index in [0.29, 0.717) is 6.42 Å². The van der Waals surface area contributed by atoms with Gasteiger partial charge in [-0.05, 0) is 25.8 Å². The molecule has 7 heteroatoms. The minimum absolute atomic E-state index is 0.373. The van der Waals surface area contributed by atoms with Crippen molar-refractivity contribution in [2.75, 3.05) is 0 Å². The molecular formula is C18H21N5O2. The van der Waals surface area contributed by atoms with Gasteiger partial charge < -0.3 is 5.32 Å². The minimum atomic E-state index is -1.07. The third-order valence-electron chi connectivity index (χ3n) is 4.73. The van der Waals surface area contributed by atoms with E-state index in [9.17, 15) is 9.59 Å². The zero-order chi connectivity index (χ0) is 18.2. The number of carbonyl (C=O) groups excluding carboxylic acids is 2. The number of nitrogens with one attached hydrogen (secondary N) is 1.